The van der Waals surface area contributed by atoms with Crippen LogP contribution in [-0.2, 0) is 10.4 Å². The highest BCUT2D eigenvalue weighted by atomic mass is 127. The number of aliphatic hydroxyl groups is 1. The Morgan fingerprint density at radius 2 is 1.85 bits per heavy atom. The zero-order chi connectivity index (χ0) is 10.1. The van der Waals surface area contributed by atoms with E-state index < -0.39 is 11.6 Å². The van der Waals surface area contributed by atoms with Crippen LogP contribution in [0.3, 0.4) is 0 Å². The molecule has 0 aromatic heterocycles. The van der Waals surface area contributed by atoms with Crippen molar-refractivity contribution in [2.45, 2.75) is 12.5 Å². The van der Waals surface area contributed by atoms with E-state index in [9.17, 15) is 9.90 Å². The van der Waals surface area contributed by atoms with Crippen LogP contribution in [0.25, 0.3) is 0 Å². The van der Waals surface area contributed by atoms with Crippen LogP contribution in [0.4, 0.5) is 0 Å². The monoisotopic (exact) mass is 292 g/mol. The van der Waals surface area contributed by atoms with Crippen molar-refractivity contribution in [3.63, 3.8) is 0 Å². The van der Waals surface area contributed by atoms with Gasteiger partial charge in [0.25, 0.3) is 0 Å². The molecule has 0 saturated carbocycles. The molecular weight excluding hydrogens is 283 g/mol. The van der Waals surface area contributed by atoms with Gasteiger partial charge in [-0.05, 0) is 47.2 Å². The molecule has 3 nitrogen and oxygen atoms in total. The molecule has 1 rings (SSSR count). The van der Waals surface area contributed by atoms with Gasteiger partial charge in [-0.3, -0.25) is 0 Å². The summed E-state index contributed by atoms with van der Waals surface area (Å²) in [5.41, 5.74) is -1.41. The van der Waals surface area contributed by atoms with E-state index in [0.29, 0.717) is 5.56 Å². The van der Waals surface area contributed by atoms with E-state index in [1.807, 2.05) is 0 Å². The van der Waals surface area contributed by atoms with Crippen molar-refractivity contribution in [2.75, 3.05) is 0 Å². The van der Waals surface area contributed by atoms with E-state index in [-0.39, 0.29) is 0 Å². The van der Waals surface area contributed by atoms with E-state index in [1.165, 1.54) is 6.92 Å². The predicted octanol–water partition coefficient (Wildman–Crippen LogP) is 1.58. The number of carbonyl (C=O) groups is 1. The minimum absolute atomic E-state index is 0.389. The minimum atomic E-state index is -1.80. The Balaban J connectivity index is 3.08. The van der Waals surface area contributed by atoms with Crippen LogP contribution in [0.2, 0.25) is 0 Å². The number of carboxylic acids is 1. The SMILES string of the molecule is CC(O)(C(=O)O)c1ccc(I)cc1. The molecule has 1 aromatic carbocycles. The highest BCUT2D eigenvalue weighted by Gasteiger charge is 2.31. The average Bonchev–Trinajstić information content (AvgIpc) is 2.04. The van der Waals surface area contributed by atoms with Gasteiger partial charge in [0, 0.05) is 3.57 Å². The van der Waals surface area contributed by atoms with Gasteiger partial charge in [0.2, 0.25) is 0 Å². The van der Waals surface area contributed by atoms with E-state index in [4.69, 9.17) is 5.11 Å². The van der Waals surface area contributed by atoms with Gasteiger partial charge in [-0.1, -0.05) is 12.1 Å². The van der Waals surface area contributed by atoms with Crippen molar-refractivity contribution in [3.8, 4) is 0 Å². The maximum atomic E-state index is 10.7. The number of hydrogen-bond donors (Lipinski definition) is 2. The number of carboxylic acid groups (broad SMARTS) is 1. The van der Waals surface area contributed by atoms with Crippen molar-refractivity contribution in [2.24, 2.45) is 0 Å². The smallest absolute Gasteiger partial charge is 0.340 e. The summed E-state index contributed by atoms with van der Waals surface area (Å²) in [6.07, 6.45) is 0. The van der Waals surface area contributed by atoms with Crippen molar-refractivity contribution in [1.29, 1.82) is 0 Å². The topological polar surface area (TPSA) is 57.5 Å². The van der Waals surface area contributed by atoms with Gasteiger partial charge in [-0.25, -0.2) is 4.79 Å². The minimum Gasteiger partial charge on any atom is -0.479 e. The Hall–Kier alpha value is -0.620. The van der Waals surface area contributed by atoms with Gasteiger partial charge in [-0.2, -0.15) is 0 Å². The third-order valence-corrected chi connectivity index (χ3v) is 2.54. The summed E-state index contributed by atoms with van der Waals surface area (Å²) in [7, 11) is 0. The number of benzene rings is 1. The first kappa shape index (κ1) is 10.5. The molecule has 0 aliphatic heterocycles. The average molecular weight is 292 g/mol. The first-order valence-corrected chi connectivity index (χ1v) is 4.74. The van der Waals surface area contributed by atoms with Gasteiger partial charge in [-0.15, -0.1) is 0 Å². The van der Waals surface area contributed by atoms with Crippen LogP contribution < -0.4 is 0 Å². The predicted molar refractivity (Wildman–Crippen MR) is 56.4 cm³/mol. The molecule has 0 aliphatic rings. The molecule has 1 aromatic rings. The standard InChI is InChI=1S/C9H9IO3/c1-9(13,8(11)12)6-2-4-7(10)5-3-6/h2-5,13H,1H3,(H,11,12). The number of aliphatic carboxylic acids is 1. The van der Waals surface area contributed by atoms with E-state index >= 15 is 0 Å². The summed E-state index contributed by atoms with van der Waals surface area (Å²) in [6.45, 7) is 1.26. The molecule has 4 heteroatoms. The Morgan fingerprint density at radius 1 is 1.38 bits per heavy atom. The maximum absolute atomic E-state index is 10.7. The fraction of sp³-hybridized carbons (Fsp3) is 0.222. The number of hydrogen-bond acceptors (Lipinski definition) is 2. The second-order valence-electron chi connectivity index (χ2n) is 2.88. The first-order chi connectivity index (χ1) is 5.94. The lowest BCUT2D eigenvalue weighted by molar-refractivity contribution is -0.157. The maximum Gasteiger partial charge on any atom is 0.340 e. The molecule has 0 amide bonds. The molecule has 0 aliphatic carbocycles. The highest BCUT2D eigenvalue weighted by Crippen LogP contribution is 2.21. The highest BCUT2D eigenvalue weighted by molar-refractivity contribution is 14.1. The normalized spacial score (nSPS) is 15.0. The summed E-state index contributed by atoms with van der Waals surface area (Å²) < 4.78 is 1.00. The lowest BCUT2D eigenvalue weighted by Gasteiger charge is -2.17. The second-order valence-corrected chi connectivity index (χ2v) is 4.13. The molecule has 2 N–H and O–H groups in total. The summed E-state index contributed by atoms with van der Waals surface area (Å²) in [6, 6.07) is 6.73. The summed E-state index contributed by atoms with van der Waals surface area (Å²) in [5.74, 6) is -1.24. The summed E-state index contributed by atoms with van der Waals surface area (Å²) in [4.78, 5) is 10.7. The van der Waals surface area contributed by atoms with Crippen LogP contribution >= 0.6 is 22.6 Å². The van der Waals surface area contributed by atoms with Crippen LogP contribution in [0, 0.1) is 3.57 Å². The van der Waals surface area contributed by atoms with E-state index in [0.717, 1.165) is 3.57 Å². The molecule has 0 spiro atoms. The van der Waals surface area contributed by atoms with Crippen molar-refractivity contribution in [3.05, 3.63) is 33.4 Å². The van der Waals surface area contributed by atoms with Crippen molar-refractivity contribution >= 4 is 28.6 Å². The molecule has 0 bridgehead atoms. The Morgan fingerprint density at radius 3 is 2.23 bits per heavy atom. The molecular formula is C9H9IO3. The zero-order valence-electron chi connectivity index (χ0n) is 6.99. The third kappa shape index (κ3) is 2.19. The van der Waals surface area contributed by atoms with E-state index in [2.05, 4.69) is 22.6 Å². The Labute approximate surface area is 89.5 Å². The van der Waals surface area contributed by atoms with Crippen LogP contribution in [0.5, 0.6) is 0 Å². The van der Waals surface area contributed by atoms with Gasteiger partial charge in [0.05, 0.1) is 0 Å². The van der Waals surface area contributed by atoms with Crippen molar-refractivity contribution < 1.29 is 15.0 Å². The largest absolute Gasteiger partial charge is 0.479 e. The lowest BCUT2D eigenvalue weighted by Crippen LogP contribution is -2.31. The zero-order valence-corrected chi connectivity index (χ0v) is 9.15. The molecule has 0 fully saturated rings. The van der Waals surface area contributed by atoms with Crippen molar-refractivity contribution in [1.82, 2.24) is 0 Å². The molecule has 0 heterocycles. The molecule has 13 heavy (non-hydrogen) atoms. The fourth-order valence-corrected chi connectivity index (χ4v) is 1.26. The number of rotatable bonds is 2. The second kappa shape index (κ2) is 3.63. The quantitative estimate of drug-likeness (QED) is 0.814. The van der Waals surface area contributed by atoms with E-state index in [1.54, 1.807) is 24.3 Å². The lowest BCUT2D eigenvalue weighted by atomic mass is 9.97. The Kier molecular flexibility index (Phi) is 2.92. The van der Waals surface area contributed by atoms with Crippen LogP contribution in [-0.4, -0.2) is 16.2 Å². The summed E-state index contributed by atoms with van der Waals surface area (Å²) >= 11 is 2.11. The summed E-state index contributed by atoms with van der Waals surface area (Å²) in [5, 5.41) is 18.3. The third-order valence-electron chi connectivity index (χ3n) is 1.82. The Bertz CT molecular complexity index is 316. The van der Waals surface area contributed by atoms with Gasteiger partial charge < -0.3 is 10.2 Å². The van der Waals surface area contributed by atoms with Crippen LogP contribution in [0.15, 0.2) is 24.3 Å². The van der Waals surface area contributed by atoms with Gasteiger partial charge in [0.1, 0.15) is 0 Å². The molecule has 0 saturated heterocycles. The van der Waals surface area contributed by atoms with Gasteiger partial charge >= 0.3 is 5.97 Å². The fourth-order valence-electron chi connectivity index (χ4n) is 0.898. The van der Waals surface area contributed by atoms with Crippen LogP contribution in [0.1, 0.15) is 12.5 Å². The molecule has 1 unspecified atom stereocenters. The molecule has 1 atom stereocenters. The van der Waals surface area contributed by atoms with Gasteiger partial charge in [0.15, 0.2) is 5.60 Å². The first-order valence-electron chi connectivity index (χ1n) is 3.66. The molecule has 0 radical (unpaired) electrons. The number of halogens is 1. The molecule has 70 valence electrons.